The molecule has 1 atom stereocenters. The van der Waals surface area contributed by atoms with E-state index in [0.29, 0.717) is 41.9 Å². The molecule has 1 N–H and O–H groups in total. The fourth-order valence-corrected chi connectivity index (χ4v) is 7.55. The highest BCUT2D eigenvalue weighted by Gasteiger charge is 2.41. The van der Waals surface area contributed by atoms with Crippen LogP contribution >= 0.6 is 22.9 Å². The number of aromatic nitrogens is 1. The van der Waals surface area contributed by atoms with Gasteiger partial charge in [0.25, 0.3) is 0 Å². The molecule has 0 bridgehead atoms. The number of hydrogen-bond donors (Lipinski definition) is 1. The zero-order chi connectivity index (χ0) is 24.3. The van der Waals surface area contributed by atoms with E-state index in [-0.39, 0.29) is 37.4 Å². The Morgan fingerprint density at radius 3 is 2.56 bits per heavy atom. The maximum Gasteiger partial charge on any atom is 0.248 e. The summed E-state index contributed by atoms with van der Waals surface area (Å²) in [6, 6.07) is -0.702. The second-order valence-corrected chi connectivity index (χ2v) is 13.1. The number of anilines is 1. The first-order valence-electron chi connectivity index (χ1n) is 11.7. The number of thiazole rings is 1. The highest BCUT2D eigenvalue weighted by atomic mass is 35.5. The van der Waals surface area contributed by atoms with Crippen LogP contribution in [-0.4, -0.2) is 104 Å². The van der Waals surface area contributed by atoms with Crippen molar-refractivity contribution in [1.82, 2.24) is 19.1 Å². The molecule has 1 aromatic heterocycles. The van der Waals surface area contributed by atoms with Crippen molar-refractivity contribution in [2.45, 2.75) is 43.4 Å². The average molecular weight is 534 g/mol. The Morgan fingerprint density at radius 1 is 1.24 bits per heavy atom. The number of nitrogens with one attached hydrogen (secondary N) is 1. The van der Waals surface area contributed by atoms with Gasteiger partial charge in [0, 0.05) is 26.3 Å². The number of nitrogens with zero attached hydrogens (tertiary/aromatic N) is 4. The lowest BCUT2D eigenvalue weighted by atomic mass is 9.91. The summed E-state index contributed by atoms with van der Waals surface area (Å²) >= 11 is 7.10. The minimum absolute atomic E-state index is 0.185. The number of amides is 2. The topological polar surface area (TPSA) is 112 Å². The molecule has 0 spiro atoms. The van der Waals surface area contributed by atoms with E-state index >= 15 is 0 Å². The Balaban J connectivity index is 1.45. The van der Waals surface area contributed by atoms with Crippen LogP contribution in [0.25, 0.3) is 0 Å². The smallest absolute Gasteiger partial charge is 0.248 e. The predicted molar refractivity (Wildman–Crippen MR) is 130 cm³/mol. The van der Waals surface area contributed by atoms with Gasteiger partial charge in [-0.05, 0) is 58.2 Å². The van der Waals surface area contributed by atoms with E-state index in [1.807, 2.05) is 7.05 Å². The number of ether oxygens (including phenoxy) is 1. The molecule has 1 unspecified atom stereocenters. The van der Waals surface area contributed by atoms with E-state index in [1.165, 1.54) is 10.5 Å². The van der Waals surface area contributed by atoms with Crippen molar-refractivity contribution >= 4 is 49.9 Å². The van der Waals surface area contributed by atoms with Crippen molar-refractivity contribution in [3.05, 3.63) is 10.5 Å². The summed E-state index contributed by atoms with van der Waals surface area (Å²) in [5, 5.41) is 2.71. The van der Waals surface area contributed by atoms with Gasteiger partial charge in [0.05, 0.1) is 18.0 Å². The number of sulfonamides is 1. The number of hydrogen-bond acceptors (Lipinski definition) is 8. The third kappa shape index (κ3) is 6.08. The van der Waals surface area contributed by atoms with Crippen LogP contribution in [0.15, 0.2) is 6.20 Å². The normalized spacial score (nSPS) is 23.2. The fourth-order valence-electron chi connectivity index (χ4n) is 4.88. The Hall–Kier alpha value is -1.31. The van der Waals surface area contributed by atoms with Crippen LogP contribution in [0.4, 0.5) is 5.13 Å². The minimum atomic E-state index is -3.56. The number of halogens is 1. The van der Waals surface area contributed by atoms with Gasteiger partial charge >= 0.3 is 0 Å². The zero-order valence-electron chi connectivity index (χ0n) is 19.3. The number of carbonyl (C=O) groups excluding carboxylic acids is 2. The zero-order valence-corrected chi connectivity index (χ0v) is 21.7. The van der Waals surface area contributed by atoms with Crippen LogP contribution in [0.3, 0.4) is 0 Å². The SMILES string of the molecule is CN1CCC(S(=O)(=O)N2CCN(C(CC3CCOCC3)C(=O)Nc3ncc(Cl)s3)C(=O)C2)CC1. The van der Waals surface area contributed by atoms with Gasteiger partial charge in [0.15, 0.2) is 5.13 Å². The van der Waals surface area contributed by atoms with E-state index < -0.39 is 21.3 Å². The Bertz CT molecular complexity index is 976. The van der Waals surface area contributed by atoms with Crippen LogP contribution < -0.4 is 5.32 Å². The van der Waals surface area contributed by atoms with Gasteiger partial charge < -0.3 is 19.9 Å². The maximum atomic E-state index is 13.2. The van der Waals surface area contributed by atoms with Crippen molar-refractivity contribution in [3.8, 4) is 0 Å². The number of carbonyl (C=O) groups is 2. The lowest BCUT2D eigenvalue weighted by Crippen LogP contribution is -2.59. The summed E-state index contributed by atoms with van der Waals surface area (Å²) in [7, 11) is -1.58. The maximum absolute atomic E-state index is 13.2. The van der Waals surface area contributed by atoms with Crippen LogP contribution in [0.1, 0.15) is 32.1 Å². The summed E-state index contributed by atoms with van der Waals surface area (Å²) < 4.78 is 33.6. The second-order valence-electron chi connectivity index (χ2n) is 9.23. The molecule has 0 aliphatic carbocycles. The highest BCUT2D eigenvalue weighted by Crippen LogP contribution is 2.28. The molecule has 2 amide bonds. The lowest BCUT2D eigenvalue weighted by molar-refractivity contribution is -0.142. The Morgan fingerprint density at radius 2 is 1.94 bits per heavy atom. The molecule has 3 fully saturated rings. The molecule has 1 aromatic rings. The van der Waals surface area contributed by atoms with Crippen LogP contribution in [0.5, 0.6) is 0 Å². The number of piperazine rings is 1. The van der Waals surface area contributed by atoms with Crippen molar-refractivity contribution in [1.29, 1.82) is 0 Å². The largest absolute Gasteiger partial charge is 0.381 e. The van der Waals surface area contributed by atoms with Crippen LogP contribution in [0, 0.1) is 5.92 Å². The quantitative estimate of drug-likeness (QED) is 0.565. The summed E-state index contributed by atoms with van der Waals surface area (Å²) in [5.41, 5.74) is 0. The first kappa shape index (κ1) is 25.8. The summed E-state index contributed by atoms with van der Waals surface area (Å²) in [5.74, 6) is -0.414. The molecule has 13 heteroatoms. The van der Waals surface area contributed by atoms with E-state index in [1.54, 1.807) is 4.90 Å². The first-order valence-corrected chi connectivity index (χ1v) is 14.4. The van der Waals surface area contributed by atoms with E-state index in [0.717, 1.165) is 37.3 Å². The van der Waals surface area contributed by atoms with Crippen LogP contribution in [-0.2, 0) is 24.3 Å². The van der Waals surface area contributed by atoms with Crippen molar-refractivity contribution in [2.75, 3.05) is 58.3 Å². The van der Waals surface area contributed by atoms with Gasteiger partial charge in [-0.3, -0.25) is 9.59 Å². The molecule has 0 saturated carbocycles. The molecule has 4 rings (SSSR count). The van der Waals surface area contributed by atoms with E-state index in [9.17, 15) is 18.0 Å². The van der Waals surface area contributed by atoms with Crippen molar-refractivity contribution in [2.24, 2.45) is 5.92 Å². The third-order valence-corrected chi connectivity index (χ3v) is 10.3. The van der Waals surface area contributed by atoms with E-state index in [2.05, 4.69) is 15.2 Å². The molecule has 4 heterocycles. The minimum Gasteiger partial charge on any atom is -0.381 e. The number of rotatable bonds is 7. The average Bonchev–Trinajstić information content (AvgIpc) is 3.23. The fraction of sp³-hybridized carbons (Fsp3) is 0.762. The summed E-state index contributed by atoms with van der Waals surface area (Å²) in [6.45, 7) is 2.88. The molecule has 3 aliphatic heterocycles. The third-order valence-electron chi connectivity index (χ3n) is 6.95. The summed E-state index contributed by atoms with van der Waals surface area (Å²) in [4.78, 5) is 34.2. The first-order chi connectivity index (χ1) is 16.2. The predicted octanol–water partition coefficient (Wildman–Crippen LogP) is 1.49. The molecule has 3 aliphatic rings. The molecule has 3 saturated heterocycles. The van der Waals surface area contributed by atoms with Gasteiger partial charge in [-0.25, -0.2) is 13.4 Å². The van der Waals surface area contributed by atoms with Crippen molar-refractivity contribution < 1.29 is 22.7 Å². The molecular formula is C21H32ClN5O5S2. The molecule has 10 nitrogen and oxygen atoms in total. The van der Waals surface area contributed by atoms with E-state index in [4.69, 9.17) is 16.3 Å². The van der Waals surface area contributed by atoms with Crippen LogP contribution in [0.2, 0.25) is 4.34 Å². The lowest BCUT2D eigenvalue weighted by Gasteiger charge is -2.40. The van der Waals surface area contributed by atoms with Gasteiger partial charge in [0.2, 0.25) is 21.8 Å². The van der Waals surface area contributed by atoms with Gasteiger partial charge in [-0.1, -0.05) is 22.9 Å². The van der Waals surface area contributed by atoms with Gasteiger partial charge in [-0.15, -0.1) is 0 Å². The summed E-state index contributed by atoms with van der Waals surface area (Å²) in [6.07, 6.45) is 4.75. The molecule has 34 heavy (non-hydrogen) atoms. The molecule has 190 valence electrons. The van der Waals surface area contributed by atoms with Gasteiger partial charge in [0.1, 0.15) is 10.4 Å². The molecule has 0 aromatic carbocycles. The number of piperidine rings is 1. The molecule has 0 radical (unpaired) electrons. The van der Waals surface area contributed by atoms with Gasteiger partial charge in [-0.2, -0.15) is 4.31 Å². The monoisotopic (exact) mass is 533 g/mol. The second kappa shape index (κ2) is 11.2. The molecular weight excluding hydrogens is 502 g/mol. The Labute approximate surface area is 209 Å². The standard InChI is InChI=1S/C21H32ClN5O5S2/c1-25-6-2-16(3-7-25)34(30,31)26-8-9-27(19(28)14-26)17(12-15-4-10-32-11-5-15)20(29)24-21-23-13-18(22)33-21/h13,15-17H,2-12,14H2,1H3,(H,23,24,29). The number of likely N-dealkylation sites (tertiary alicyclic amines) is 1. The Kier molecular flexibility index (Phi) is 8.47. The van der Waals surface area contributed by atoms with Crippen molar-refractivity contribution in [3.63, 3.8) is 0 Å². The highest BCUT2D eigenvalue weighted by molar-refractivity contribution is 7.89.